The Bertz CT molecular complexity index is 256. The molecule has 0 radical (unpaired) electrons. The van der Waals surface area contributed by atoms with Gasteiger partial charge in [-0.2, -0.15) is 0 Å². The summed E-state index contributed by atoms with van der Waals surface area (Å²) in [7, 11) is 0. The van der Waals surface area contributed by atoms with E-state index in [0.29, 0.717) is 24.0 Å². The minimum atomic E-state index is 0.454. The fourth-order valence-corrected chi connectivity index (χ4v) is 4.18. The molecular formula is C24H50O. The standard InChI is InChI=1S/C24H50O/c1-9-11-13-15-23(21(7)17-19(3)4)25-24(16-14-12-10-2)22(8)18-20(5)6/h19-24H,9-18H2,1-8H3. The molecular weight excluding hydrogens is 304 g/mol. The molecule has 0 aliphatic carbocycles. The van der Waals surface area contributed by atoms with Crippen LogP contribution in [0.1, 0.15) is 120 Å². The van der Waals surface area contributed by atoms with E-state index < -0.39 is 0 Å². The van der Waals surface area contributed by atoms with Crippen LogP contribution in [0.15, 0.2) is 0 Å². The predicted octanol–water partition coefficient (Wildman–Crippen LogP) is 8.27. The Morgan fingerprint density at radius 1 is 0.560 bits per heavy atom. The molecule has 0 aliphatic rings. The SMILES string of the molecule is CCCCCC(OC(CCCCC)C(C)CC(C)C)C(C)CC(C)C. The highest BCUT2D eigenvalue weighted by molar-refractivity contribution is 4.75. The molecule has 0 heterocycles. The summed E-state index contributed by atoms with van der Waals surface area (Å²) in [6, 6.07) is 0. The second kappa shape index (κ2) is 15.1. The van der Waals surface area contributed by atoms with Crippen LogP contribution >= 0.6 is 0 Å². The molecule has 0 spiro atoms. The maximum Gasteiger partial charge on any atom is 0.0604 e. The average Bonchev–Trinajstić information content (AvgIpc) is 2.51. The number of hydrogen-bond donors (Lipinski definition) is 0. The summed E-state index contributed by atoms with van der Waals surface area (Å²) in [5.74, 6) is 2.88. The number of rotatable bonds is 16. The minimum Gasteiger partial charge on any atom is -0.374 e. The molecule has 152 valence electrons. The third-order valence-electron chi connectivity index (χ3n) is 5.49. The Morgan fingerprint density at radius 2 is 0.920 bits per heavy atom. The highest BCUT2D eigenvalue weighted by Gasteiger charge is 2.26. The zero-order chi connectivity index (χ0) is 19.2. The highest BCUT2D eigenvalue weighted by atomic mass is 16.5. The van der Waals surface area contributed by atoms with Crippen molar-refractivity contribution in [2.45, 2.75) is 132 Å². The van der Waals surface area contributed by atoms with E-state index in [1.165, 1.54) is 64.2 Å². The van der Waals surface area contributed by atoms with Crippen LogP contribution < -0.4 is 0 Å². The fourth-order valence-electron chi connectivity index (χ4n) is 4.18. The van der Waals surface area contributed by atoms with E-state index in [0.717, 1.165) is 11.8 Å². The zero-order valence-corrected chi connectivity index (χ0v) is 18.9. The van der Waals surface area contributed by atoms with Gasteiger partial charge in [0.1, 0.15) is 0 Å². The number of unbranched alkanes of at least 4 members (excludes halogenated alkanes) is 4. The Morgan fingerprint density at radius 3 is 1.20 bits per heavy atom. The van der Waals surface area contributed by atoms with Crippen molar-refractivity contribution in [3.8, 4) is 0 Å². The van der Waals surface area contributed by atoms with Crippen LogP contribution in [0.3, 0.4) is 0 Å². The first-order chi connectivity index (χ1) is 11.8. The third kappa shape index (κ3) is 12.9. The highest BCUT2D eigenvalue weighted by Crippen LogP contribution is 2.29. The van der Waals surface area contributed by atoms with E-state index in [4.69, 9.17) is 4.74 Å². The molecule has 25 heavy (non-hydrogen) atoms. The lowest BCUT2D eigenvalue weighted by molar-refractivity contribution is -0.0772. The summed E-state index contributed by atoms with van der Waals surface area (Å²) >= 11 is 0. The summed E-state index contributed by atoms with van der Waals surface area (Å²) in [5.41, 5.74) is 0. The molecule has 1 nitrogen and oxygen atoms in total. The summed E-state index contributed by atoms with van der Waals surface area (Å²) < 4.78 is 6.87. The van der Waals surface area contributed by atoms with E-state index in [2.05, 4.69) is 55.4 Å². The monoisotopic (exact) mass is 354 g/mol. The van der Waals surface area contributed by atoms with Gasteiger partial charge in [0, 0.05) is 0 Å². The molecule has 0 N–H and O–H groups in total. The van der Waals surface area contributed by atoms with Crippen LogP contribution in [0.2, 0.25) is 0 Å². The molecule has 0 aliphatic heterocycles. The molecule has 0 aromatic heterocycles. The molecule has 0 saturated carbocycles. The van der Waals surface area contributed by atoms with E-state index in [-0.39, 0.29) is 0 Å². The topological polar surface area (TPSA) is 9.23 Å². The molecule has 1 heteroatoms. The van der Waals surface area contributed by atoms with Crippen molar-refractivity contribution in [3.05, 3.63) is 0 Å². The molecule has 0 aromatic rings. The van der Waals surface area contributed by atoms with Crippen molar-refractivity contribution in [1.29, 1.82) is 0 Å². The molecule has 0 bridgehead atoms. The molecule has 0 aromatic carbocycles. The molecule has 0 amide bonds. The first-order valence-corrected chi connectivity index (χ1v) is 11.5. The van der Waals surface area contributed by atoms with Crippen LogP contribution in [0, 0.1) is 23.7 Å². The predicted molar refractivity (Wildman–Crippen MR) is 114 cm³/mol. The van der Waals surface area contributed by atoms with Crippen molar-refractivity contribution in [1.82, 2.24) is 0 Å². The van der Waals surface area contributed by atoms with Crippen LogP contribution in [0.5, 0.6) is 0 Å². The van der Waals surface area contributed by atoms with Crippen molar-refractivity contribution in [3.63, 3.8) is 0 Å². The third-order valence-corrected chi connectivity index (χ3v) is 5.49. The van der Waals surface area contributed by atoms with Crippen molar-refractivity contribution in [2.75, 3.05) is 0 Å². The lowest BCUT2D eigenvalue weighted by atomic mass is 9.88. The van der Waals surface area contributed by atoms with Crippen LogP contribution in [0.4, 0.5) is 0 Å². The minimum absolute atomic E-state index is 0.454. The summed E-state index contributed by atoms with van der Waals surface area (Å²) in [6.07, 6.45) is 13.9. The lowest BCUT2D eigenvalue weighted by Crippen LogP contribution is -2.33. The van der Waals surface area contributed by atoms with Crippen LogP contribution in [-0.2, 0) is 4.74 Å². The van der Waals surface area contributed by atoms with Gasteiger partial charge in [0.05, 0.1) is 12.2 Å². The van der Waals surface area contributed by atoms with Gasteiger partial charge in [-0.1, -0.05) is 93.9 Å². The van der Waals surface area contributed by atoms with Crippen LogP contribution in [-0.4, -0.2) is 12.2 Å². The lowest BCUT2D eigenvalue weighted by Gasteiger charge is -2.34. The number of ether oxygens (including phenoxy) is 1. The number of hydrogen-bond acceptors (Lipinski definition) is 1. The summed E-state index contributed by atoms with van der Waals surface area (Å²) in [5, 5.41) is 0. The maximum atomic E-state index is 6.87. The molecule has 0 saturated heterocycles. The van der Waals surface area contributed by atoms with E-state index in [1.807, 2.05) is 0 Å². The first-order valence-electron chi connectivity index (χ1n) is 11.5. The van der Waals surface area contributed by atoms with Gasteiger partial charge in [-0.05, 0) is 49.4 Å². The van der Waals surface area contributed by atoms with Gasteiger partial charge in [0.15, 0.2) is 0 Å². The second-order valence-electron chi connectivity index (χ2n) is 9.42. The van der Waals surface area contributed by atoms with Crippen molar-refractivity contribution in [2.24, 2.45) is 23.7 Å². The van der Waals surface area contributed by atoms with Crippen molar-refractivity contribution >= 4 is 0 Å². The Hall–Kier alpha value is -0.0400. The largest absolute Gasteiger partial charge is 0.374 e. The zero-order valence-electron chi connectivity index (χ0n) is 18.9. The molecule has 0 rings (SSSR count). The van der Waals surface area contributed by atoms with Crippen molar-refractivity contribution < 1.29 is 4.74 Å². The molecule has 0 fully saturated rings. The van der Waals surface area contributed by atoms with Crippen LogP contribution in [0.25, 0.3) is 0 Å². The fraction of sp³-hybridized carbons (Fsp3) is 1.00. The van der Waals surface area contributed by atoms with E-state index in [1.54, 1.807) is 0 Å². The van der Waals surface area contributed by atoms with Gasteiger partial charge >= 0.3 is 0 Å². The Kier molecular flexibility index (Phi) is 15.0. The van der Waals surface area contributed by atoms with E-state index >= 15 is 0 Å². The normalized spacial score (nSPS) is 17.0. The van der Waals surface area contributed by atoms with Gasteiger partial charge < -0.3 is 4.74 Å². The summed E-state index contributed by atoms with van der Waals surface area (Å²) in [4.78, 5) is 0. The van der Waals surface area contributed by atoms with Gasteiger partial charge in [0.25, 0.3) is 0 Å². The maximum absolute atomic E-state index is 6.87. The second-order valence-corrected chi connectivity index (χ2v) is 9.42. The van der Waals surface area contributed by atoms with Gasteiger partial charge in [0.2, 0.25) is 0 Å². The molecule has 4 atom stereocenters. The Balaban J connectivity index is 4.91. The molecule has 4 unspecified atom stereocenters. The van der Waals surface area contributed by atoms with E-state index in [9.17, 15) is 0 Å². The van der Waals surface area contributed by atoms with Gasteiger partial charge in [-0.15, -0.1) is 0 Å². The quantitative estimate of drug-likeness (QED) is 0.253. The summed E-state index contributed by atoms with van der Waals surface area (Å²) in [6.45, 7) is 18.8. The average molecular weight is 355 g/mol. The van der Waals surface area contributed by atoms with Gasteiger partial charge in [-0.25, -0.2) is 0 Å². The first kappa shape index (κ1) is 25.0. The Labute approximate surface area is 160 Å². The van der Waals surface area contributed by atoms with Gasteiger partial charge in [-0.3, -0.25) is 0 Å². The smallest absolute Gasteiger partial charge is 0.0604 e.